The number of carboxylic acids is 1. The van der Waals surface area contributed by atoms with Crippen LogP contribution >= 0.6 is 11.8 Å². The quantitative estimate of drug-likeness (QED) is 0.838. The van der Waals surface area contributed by atoms with Crippen molar-refractivity contribution in [1.82, 2.24) is 9.88 Å². The fourth-order valence-corrected chi connectivity index (χ4v) is 3.10. The van der Waals surface area contributed by atoms with Crippen LogP contribution in [0, 0.1) is 0 Å². The van der Waals surface area contributed by atoms with Crippen LogP contribution < -0.4 is 5.56 Å². The molecule has 1 aromatic heterocycles. The van der Waals surface area contributed by atoms with Gasteiger partial charge < -0.3 is 15.0 Å². The highest BCUT2D eigenvalue weighted by molar-refractivity contribution is 7.99. The van der Waals surface area contributed by atoms with Gasteiger partial charge in [-0.3, -0.25) is 14.4 Å². The molecule has 0 bridgehead atoms. The average molecular weight is 282 g/mol. The normalized spacial score (nSPS) is 19.2. The van der Waals surface area contributed by atoms with Gasteiger partial charge in [0, 0.05) is 35.9 Å². The molecule has 102 valence electrons. The second-order valence-corrected chi connectivity index (χ2v) is 5.42. The molecule has 1 amide bonds. The lowest BCUT2D eigenvalue weighted by atomic mass is 10.1. The van der Waals surface area contributed by atoms with E-state index in [1.54, 1.807) is 16.7 Å². The molecule has 2 rings (SSSR count). The summed E-state index contributed by atoms with van der Waals surface area (Å²) in [6.07, 6.45) is 1.35. The Kier molecular flexibility index (Phi) is 4.26. The third-order valence-electron chi connectivity index (χ3n) is 2.92. The van der Waals surface area contributed by atoms with Crippen molar-refractivity contribution in [3.63, 3.8) is 0 Å². The van der Waals surface area contributed by atoms with Gasteiger partial charge in [-0.2, -0.15) is 11.8 Å². The van der Waals surface area contributed by atoms with Crippen LogP contribution in [0.2, 0.25) is 0 Å². The van der Waals surface area contributed by atoms with Gasteiger partial charge in [-0.1, -0.05) is 0 Å². The Morgan fingerprint density at radius 2 is 2.32 bits per heavy atom. The topological polar surface area (TPSA) is 90.5 Å². The van der Waals surface area contributed by atoms with E-state index in [0.29, 0.717) is 17.9 Å². The van der Waals surface area contributed by atoms with E-state index >= 15 is 0 Å². The Morgan fingerprint density at radius 1 is 1.53 bits per heavy atom. The average Bonchev–Trinajstić information content (AvgIpc) is 2.38. The molecule has 0 radical (unpaired) electrons. The molecule has 0 aromatic carbocycles. The molecule has 2 heterocycles. The van der Waals surface area contributed by atoms with Crippen molar-refractivity contribution in [2.75, 3.05) is 18.1 Å². The number of aromatic amines is 1. The summed E-state index contributed by atoms with van der Waals surface area (Å²) in [5, 5.41) is 8.88. The maximum Gasteiger partial charge on any atom is 0.305 e. The van der Waals surface area contributed by atoms with E-state index in [1.165, 1.54) is 18.3 Å². The van der Waals surface area contributed by atoms with Gasteiger partial charge in [-0.05, 0) is 6.07 Å². The largest absolute Gasteiger partial charge is 0.481 e. The summed E-state index contributed by atoms with van der Waals surface area (Å²) in [5.74, 6) is 0.195. The summed E-state index contributed by atoms with van der Waals surface area (Å²) >= 11 is 1.64. The minimum absolute atomic E-state index is 0.0675. The highest BCUT2D eigenvalue weighted by atomic mass is 32.2. The van der Waals surface area contributed by atoms with Gasteiger partial charge in [0.25, 0.3) is 5.91 Å². The lowest BCUT2D eigenvalue weighted by molar-refractivity contribution is -0.138. The van der Waals surface area contributed by atoms with Gasteiger partial charge in [0.1, 0.15) is 0 Å². The molecule has 19 heavy (non-hydrogen) atoms. The Labute approximate surface area is 113 Å². The first-order valence-electron chi connectivity index (χ1n) is 5.87. The number of carbonyl (C=O) groups excluding carboxylic acids is 1. The van der Waals surface area contributed by atoms with E-state index in [9.17, 15) is 14.4 Å². The van der Waals surface area contributed by atoms with Gasteiger partial charge in [0.2, 0.25) is 5.56 Å². The maximum atomic E-state index is 12.3. The molecule has 1 aromatic rings. The molecule has 1 fully saturated rings. The van der Waals surface area contributed by atoms with Crippen molar-refractivity contribution < 1.29 is 14.7 Å². The van der Waals surface area contributed by atoms with E-state index in [0.717, 1.165) is 5.75 Å². The van der Waals surface area contributed by atoms with Crippen molar-refractivity contribution in [3.05, 3.63) is 34.2 Å². The predicted octanol–water partition coefficient (Wildman–Crippen LogP) is 0.407. The van der Waals surface area contributed by atoms with Crippen molar-refractivity contribution in [2.24, 2.45) is 0 Å². The van der Waals surface area contributed by atoms with Crippen LogP contribution in [-0.2, 0) is 4.79 Å². The van der Waals surface area contributed by atoms with Crippen LogP contribution in [0.5, 0.6) is 0 Å². The Hall–Kier alpha value is -1.76. The molecule has 1 unspecified atom stereocenters. The van der Waals surface area contributed by atoms with Gasteiger partial charge in [-0.15, -0.1) is 0 Å². The summed E-state index contributed by atoms with van der Waals surface area (Å²) < 4.78 is 0. The molecular weight excluding hydrogens is 268 g/mol. The molecule has 7 heteroatoms. The summed E-state index contributed by atoms with van der Waals surface area (Å²) in [7, 11) is 0. The Balaban J connectivity index is 2.19. The van der Waals surface area contributed by atoms with Crippen LogP contribution in [0.15, 0.2) is 23.1 Å². The zero-order chi connectivity index (χ0) is 13.8. The number of nitrogens with zero attached hydrogens (tertiary/aromatic N) is 1. The number of aromatic nitrogens is 1. The first-order valence-corrected chi connectivity index (χ1v) is 7.02. The van der Waals surface area contributed by atoms with Crippen LogP contribution in [-0.4, -0.2) is 51.0 Å². The fourth-order valence-electron chi connectivity index (χ4n) is 2.04. The van der Waals surface area contributed by atoms with Crippen molar-refractivity contribution in [3.8, 4) is 0 Å². The number of rotatable bonds is 3. The van der Waals surface area contributed by atoms with Crippen LogP contribution in [0.3, 0.4) is 0 Å². The zero-order valence-corrected chi connectivity index (χ0v) is 11.0. The number of nitrogens with one attached hydrogen (secondary N) is 1. The van der Waals surface area contributed by atoms with E-state index in [1.807, 2.05) is 0 Å². The molecule has 0 aliphatic carbocycles. The lowest BCUT2D eigenvalue weighted by Gasteiger charge is -2.34. The van der Waals surface area contributed by atoms with Crippen molar-refractivity contribution in [2.45, 2.75) is 12.5 Å². The smallest absolute Gasteiger partial charge is 0.305 e. The third kappa shape index (κ3) is 3.37. The standard InChI is InChI=1S/C12H14N2O4S/c15-10-5-8(1-2-13-10)12(18)14-3-4-19-7-9(14)6-11(16)17/h1-2,5,9H,3-4,6-7H2,(H,13,15)(H,16,17). The molecule has 0 saturated carbocycles. The summed E-state index contributed by atoms with van der Waals surface area (Å²) in [5.41, 5.74) is -0.0435. The van der Waals surface area contributed by atoms with Crippen LogP contribution in [0.4, 0.5) is 0 Å². The van der Waals surface area contributed by atoms with Gasteiger partial charge >= 0.3 is 5.97 Å². The fraction of sp³-hybridized carbons (Fsp3) is 0.417. The van der Waals surface area contributed by atoms with Crippen molar-refractivity contribution in [1.29, 1.82) is 0 Å². The number of amides is 1. The van der Waals surface area contributed by atoms with E-state index in [4.69, 9.17) is 5.11 Å². The molecule has 1 aliphatic heterocycles. The minimum atomic E-state index is -0.920. The Bertz CT molecular complexity index is 543. The number of hydrogen-bond donors (Lipinski definition) is 2. The van der Waals surface area contributed by atoms with Crippen LogP contribution in [0.1, 0.15) is 16.8 Å². The predicted molar refractivity (Wildman–Crippen MR) is 71.5 cm³/mol. The Morgan fingerprint density at radius 3 is 3.00 bits per heavy atom. The summed E-state index contributed by atoms with van der Waals surface area (Å²) in [6, 6.07) is 2.45. The number of thioether (sulfide) groups is 1. The third-order valence-corrected chi connectivity index (χ3v) is 4.01. The minimum Gasteiger partial charge on any atom is -0.481 e. The van der Waals surface area contributed by atoms with Crippen molar-refractivity contribution >= 4 is 23.6 Å². The number of carbonyl (C=O) groups is 2. The molecular formula is C12H14N2O4S. The maximum absolute atomic E-state index is 12.3. The molecule has 1 saturated heterocycles. The van der Waals surface area contributed by atoms with Gasteiger partial charge in [0.15, 0.2) is 0 Å². The molecule has 0 spiro atoms. The molecule has 1 atom stereocenters. The highest BCUT2D eigenvalue weighted by Gasteiger charge is 2.29. The number of aliphatic carboxylic acids is 1. The van der Waals surface area contributed by atoms with E-state index in [-0.39, 0.29) is 23.9 Å². The van der Waals surface area contributed by atoms with Gasteiger partial charge in [0.05, 0.1) is 12.5 Å². The highest BCUT2D eigenvalue weighted by Crippen LogP contribution is 2.20. The molecule has 2 N–H and O–H groups in total. The summed E-state index contributed by atoms with van der Waals surface area (Å²) in [6.45, 7) is 0.508. The van der Waals surface area contributed by atoms with E-state index < -0.39 is 5.97 Å². The first-order chi connectivity index (χ1) is 9.08. The van der Waals surface area contributed by atoms with E-state index in [2.05, 4.69) is 4.98 Å². The van der Waals surface area contributed by atoms with Crippen LogP contribution in [0.25, 0.3) is 0 Å². The monoisotopic (exact) mass is 282 g/mol. The van der Waals surface area contributed by atoms with Gasteiger partial charge in [-0.25, -0.2) is 0 Å². The second kappa shape index (κ2) is 5.92. The number of hydrogen-bond acceptors (Lipinski definition) is 4. The zero-order valence-electron chi connectivity index (χ0n) is 10.2. The summed E-state index contributed by atoms with van der Waals surface area (Å²) in [4.78, 5) is 38.4. The lowest BCUT2D eigenvalue weighted by Crippen LogP contribution is -2.47. The SMILES string of the molecule is O=C(O)CC1CSCCN1C(=O)c1cc[nH]c(=O)c1. The number of H-pyrrole nitrogens is 1. The second-order valence-electron chi connectivity index (χ2n) is 4.27. The number of pyridine rings is 1. The number of carboxylic acid groups (broad SMARTS) is 1. The molecule has 6 nitrogen and oxygen atoms in total. The first kappa shape index (κ1) is 13.7. The molecule has 1 aliphatic rings.